The number of nitrogens with two attached hydrogens (primary N) is 1. The van der Waals surface area contributed by atoms with Crippen molar-refractivity contribution in [3.8, 4) is 0 Å². The lowest BCUT2D eigenvalue weighted by molar-refractivity contribution is 0.0492. The molecule has 1 aromatic carbocycles. The number of anilines is 1. The molecule has 0 amide bonds. The minimum absolute atomic E-state index is 0.114. The van der Waals surface area contributed by atoms with E-state index in [4.69, 9.17) is 15.6 Å². The van der Waals surface area contributed by atoms with Crippen LogP contribution < -0.4 is 5.73 Å². The van der Waals surface area contributed by atoms with Crippen LogP contribution in [0.15, 0.2) is 22.7 Å². The quantitative estimate of drug-likeness (QED) is 0.493. The van der Waals surface area contributed by atoms with E-state index in [0.717, 1.165) is 4.47 Å². The van der Waals surface area contributed by atoms with E-state index in [2.05, 4.69) is 15.9 Å². The number of carbonyl (C=O) groups is 1. The summed E-state index contributed by atoms with van der Waals surface area (Å²) in [5.41, 5.74) is 6.59. The third kappa shape index (κ3) is 3.83. The maximum absolute atomic E-state index is 11.5. The molecule has 3 N–H and O–H groups in total. The van der Waals surface area contributed by atoms with Crippen molar-refractivity contribution in [2.24, 2.45) is 0 Å². The molecule has 1 aromatic rings. The van der Waals surface area contributed by atoms with E-state index in [1.807, 2.05) is 0 Å². The van der Waals surface area contributed by atoms with E-state index in [1.54, 1.807) is 18.2 Å². The largest absolute Gasteiger partial charge is 0.462 e. The minimum Gasteiger partial charge on any atom is -0.462 e. The van der Waals surface area contributed by atoms with Gasteiger partial charge in [-0.3, -0.25) is 0 Å². The average molecular weight is 288 g/mol. The number of hydrogen-bond acceptors (Lipinski definition) is 4. The Labute approximate surface area is 103 Å². The molecule has 0 bridgehead atoms. The van der Waals surface area contributed by atoms with Crippen molar-refractivity contribution in [2.45, 2.75) is 12.8 Å². The number of hydrogen-bond donors (Lipinski definition) is 2. The molecule has 0 saturated heterocycles. The third-order valence-corrected chi connectivity index (χ3v) is 2.74. The van der Waals surface area contributed by atoms with E-state index < -0.39 is 5.97 Å². The highest BCUT2D eigenvalue weighted by Crippen LogP contribution is 2.20. The van der Waals surface area contributed by atoms with Crippen LogP contribution in [0.4, 0.5) is 5.69 Å². The van der Waals surface area contributed by atoms with Gasteiger partial charge in [0, 0.05) is 16.8 Å². The van der Waals surface area contributed by atoms with Gasteiger partial charge in [-0.15, -0.1) is 0 Å². The first kappa shape index (κ1) is 13.0. The first-order valence-corrected chi connectivity index (χ1v) is 5.77. The molecular formula is C11H14BrNO3. The van der Waals surface area contributed by atoms with Crippen molar-refractivity contribution in [3.05, 3.63) is 28.2 Å². The Morgan fingerprint density at radius 3 is 2.81 bits per heavy atom. The van der Waals surface area contributed by atoms with Gasteiger partial charge in [0.15, 0.2) is 0 Å². The molecule has 0 aromatic heterocycles. The normalized spacial score (nSPS) is 10.1. The van der Waals surface area contributed by atoms with Crippen molar-refractivity contribution < 1.29 is 14.6 Å². The highest BCUT2D eigenvalue weighted by Gasteiger charge is 2.08. The van der Waals surface area contributed by atoms with Crippen LogP contribution in [0.1, 0.15) is 23.2 Å². The molecule has 0 fully saturated rings. The molecule has 88 valence electrons. The van der Waals surface area contributed by atoms with Crippen molar-refractivity contribution in [3.63, 3.8) is 0 Å². The Kier molecular flexibility index (Phi) is 5.28. The van der Waals surface area contributed by atoms with Crippen LogP contribution in [0.3, 0.4) is 0 Å². The number of halogens is 1. The lowest BCUT2D eigenvalue weighted by atomic mass is 10.2. The van der Waals surface area contributed by atoms with E-state index in [-0.39, 0.29) is 6.61 Å². The standard InChI is InChI=1S/C11H14BrNO3/c12-9-4-3-8(7-10(9)13)11(15)16-6-2-1-5-14/h3-4,7,14H,1-2,5-6,13H2. The Hall–Kier alpha value is -1.07. The number of ether oxygens (including phenoxy) is 1. The fourth-order valence-electron chi connectivity index (χ4n) is 1.13. The van der Waals surface area contributed by atoms with E-state index in [9.17, 15) is 4.79 Å². The number of unbranched alkanes of at least 4 members (excludes halogenated alkanes) is 1. The van der Waals surface area contributed by atoms with Gasteiger partial charge in [0.1, 0.15) is 0 Å². The third-order valence-electron chi connectivity index (χ3n) is 2.02. The summed E-state index contributed by atoms with van der Waals surface area (Å²) in [6.07, 6.45) is 1.30. The van der Waals surface area contributed by atoms with Gasteiger partial charge in [0.25, 0.3) is 0 Å². The van der Waals surface area contributed by atoms with Crippen LogP contribution in [0.2, 0.25) is 0 Å². The van der Waals surface area contributed by atoms with Crippen LogP contribution in [-0.2, 0) is 4.74 Å². The number of carbonyl (C=O) groups excluding carboxylic acids is 1. The molecule has 16 heavy (non-hydrogen) atoms. The van der Waals surface area contributed by atoms with Crippen LogP contribution in [0, 0.1) is 0 Å². The maximum atomic E-state index is 11.5. The zero-order valence-electron chi connectivity index (χ0n) is 8.78. The van der Waals surface area contributed by atoms with Gasteiger partial charge >= 0.3 is 5.97 Å². The number of aliphatic hydroxyl groups is 1. The Balaban J connectivity index is 2.50. The highest BCUT2D eigenvalue weighted by molar-refractivity contribution is 9.10. The van der Waals surface area contributed by atoms with Gasteiger partial charge in [0.05, 0.1) is 12.2 Å². The molecule has 0 saturated carbocycles. The predicted molar refractivity (Wildman–Crippen MR) is 65.2 cm³/mol. The molecule has 0 spiro atoms. The van der Waals surface area contributed by atoms with Gasteiger partial charge in [-0.1, -0.05) is 0 Å². The van der Waals surface area contributed by atoms with Crippen molar-refractivity contribution in [1.82, 2.24) is 0 Å². The van der Waals surface area contributed by atoms with Crippen molar-refractivity contribution >= 4 is 27.6 Å². The fourth-order valence-corrected chi connectivity index (χ4v) is 1.38. The molecule has 0 unspecified atom stereocenters. The van der Waals surface area contributed by atoms with Crippen molar-refractivity contribution in [1.29, 1.82) is 0 Å². The highest BCUT2D eigenvalue weighted by atomic mass is 79.9. The smallest absolute Gasteiger partial charge is 0.338 e. The maximum Gasteiger partial charge on any atom is 0.338 e. The summed E-state index contributed by atoms with van der Waals surface area (Å²) < 4.78 is 5.76. The molecule has 0 heterocycles. The van der Waals surface area contributed by atoms with Crippen LogP contribution in [0.5, 0.6) is 0 Å². The minimum atomic E-state index is -0.392. The summed E-state index contributed by atoms with van der Waals surface area (Å²) in [5.74, 6) is -0.392. The zero-order valence-corrected chi connectivity index (χ0v) is 10.4. The Morgan fingerprint density at radius 1 is 1.44 bits per heavy atom. The van der Waals surface area contributed by atoms with Gasteiger partial charge < -0.3 is 15.6 Å². The fraction of sp³-hybridized carbons (Fsp3) is 0.364. The molecular weight excluding hydrogens is 274 g/mol. The number of nitrogen functional groups attached to an aromatic ring is 1. The van der Waals surface area contributed by atoms with Gasteiger partial charge in [0.2, 0.25) is 0 Å². The predicted octanol–water partition coefficient (Wildman–Crippen LogP) is 1.96. The molecule has 0 aliphatic rings. The Bertz CT molecular complexity index is 368. The van der Waals surface area contributed by atoms with Gasteiger partial charge in [-0.25, -0.2) is 4.79 Å². The lowest BCUT2D eigenvalue weighted by Gasteiger charge is -2.05. The molecule has 4 nitrogen and oxygen atoms in total. The topological polar surface area (TPSA) is 72.6 Å². The van der Waals surface area contributed by atoms with E-state index >= 15 is 0 Å². The van der Waals surface area contributed by atoms with Crippen LogP contribution in [-0.4, -0.2) is 24.3 Å². The molecule has 0 aliphatic carbocycles. The number of rotatable bonds is 5. The summed E-state index contributed by atoms with van der Waals surface area (Å²) in [7, 11) is 0. The summed E-state index contributed by atoms with van der Waals surface area (Å²) in [4.78, 5) is 11.5. The molecule has 0 radical (unpaired) electrons. The second-order valence-electron chi connectivity index (χ2n) is 3.30. The number of benzene rings is 1. The zero-order chi connectivity index (χ0) is 12.0. The lowest BCUT2D eigenvalue weighted by Crippen LogP contribution is -2.07. The van der Waals surface area contributed by atoms with Gasteiger partial charge in [-0.05, 0) is 47.0 Å². The summed E-state index contributed by atoms with van der Waals surface area (Å²) in [5, 5.41) is 8.55. The SMILES string of the molecule is Nc1cc(C(=O)OCCCCO)ccc1Br. The first-order chi connectivity index (χ1) is 7.65. The summed E-state index contributed by atoms with van der Waals surface area (Å²) >= 11 is 3.25. The summed E-state index contributed by atoms with van der Waals surface area (Å²) in [6, 6.07) is 4.92. The molecule has 1 rings (SSSR count). The van der Waals surface area contributed by atoms with E-state index in [0.29, 0.717) is 30.7 Å². The second-order valence-corrected chi connectivity index (χ2v) is 4.16. The van der Waals surface area contributed by atoms with Gasteiger partial charge in [-0.2, -0.15) is 0 Å². The van der Waals surface area contributed by atoms with Crippen LogP contribution in [0.25, 0.3) is 0 Å². The molecule has 0 atom stereocenters. The Morgan fingerprint density at radius 2 is 2.19 bits per heavy atom. The van der Waals surface area contributed by atoms with Crippen LogP contribution >= 0.6 is 15.9 Å². The molecule has 5 heteroatoms. The second kappa shape index (κ2) is 6.50. The van der Waals surface area contributed by atoms with E-state index in [1.165, 1.54) is 0 Å². The number of aliphatic hydroxyl groups excluding tert-OH is 1. The molecule has 0 aliphatic heterocycles. The summed E-state index contributed by atoms with van der Waals surface area (Å²) in [6.45, 7) is 0.429. The first-order valence-electron chi connectivity index (χ1n) is 4.98. The average Bonchev–Trinajstić information content (AvgIpc) is 2.28. The van der Waals surface area contributed by atoms with Crippen molar-refractivity contribution in [2.75, 3.05) is 18.9 Å². The monoisotopic (exact) mass is 287 g/mol. The number of esters is 1.